The van der Waals surface area contributed by atoms with E-state index in [0.717, 1.165) is 16.6 Å². The quantitative estimate of drug-likeness (QED) is 0.558. The molecule has 0 amide bonds. The van der Waals surface area contributed by atoms with Crippen molar-refractivity contribution in [3.05, 3.63) is 40.4 Å². The predicted octanol–water partition coefficient (Wildman–Crippen LogP) is 4.08. The van der Waals surface area contributed by atoms with Crippen molar-refractivity contribution in [2.24, 2.45) is 0 Å². The molecule has 146 valence electrons. The van der Waals surface area contributed by atoms with E-state index in [2.05, 4.69) is 0 Å². The Labute approximate surface area is 166 Å². The Kier molecular flexibility index (Phi) is 6.61. The monoisotopic (exact) mass is 390 g/mol. The first-order valence-electron chi connectivity index (χ1n) is 8.85. The summed E-state index contributed by atoms with van der Waals surface area (Å²) in [6.07, 6.45) is 1.94. The standard InChI is InChI=1S/C20H27BO5S/c1-13-8-9-15(18(23)24-7)10-16(13)11-17(12-27-14(2)22)21-25-19(3,4)20(5,6)26-21/h8-11H,12H2,1-7H3. The topological polar surface area (TPSA) is 61.8 Å². The molecule has 1 heterocycles. The Morgan fingerprint density at radius 3 is 2.30 bits per heavy atom. The van der Waals surface area contributed by atoms with Gasteiger partial charge >= 0.3 is 13.1 Å². The van der Waals surface area contributed by atoms with Crippen LogP contribution >= 0.6 is 11.8 Å². The Balaban J connectivity index is 2.43. The van der Waals surface area contributed by atoms with Gasteiger partial charge in [-0.15, -0.1) is 0 Å². The second-order valence-electron chi connectivity index (χ2n) is 7.65. The van der Waals surface area contributed by atoms with Gasteiger partial charge in [0.1, 0.15) is 0 Å². The zero-order valence-corrected chi connectivity index (χ0v) is 17.9. The van der Waals surface area contributed by atoms with Crippen LogP contribution in [0.15, 0.2) is 23.7 Å². The highest BCUT2D eigenvalue weighted by Crippen LogP contribution is 2.39. The van der Waals surface area contributed by atoms with Crippen LogP contribution < -0.4 is 0 Å². The molecule has 0 unspecified atom stereocenters. The van der Waals surface area contributed by atoms with E-state index in [9.17, 15) is 9.59 Å². The fraction of sp³-hybridized carbons (Fsp3) is 0.500. The summed E-state index contributed by atoms with van der Waals surface area (Å²) >= 11 is 1.21. The molecule has 0 radical (unpaired) electrons. The number of hydrogen-bond donors (Lipinski definition) is 0. The van der Waals surface area contributed by atoms with Crippen LogP contribution in [0.5, 0.6) is 0 Å². The average Bonchev–Trinajstić information content (AvgIpc) is 2.79. The molecule has 0 spiro atoms. The molecule has 5 nitrogen and oxygen atoms in total. The van der Waals surface area contributed by atoms with Crippen molar-refractivity contribution in [3.8, 4) is 0 Å². The molecule has 0 N–H and O–H groups in total. The summed E-state index contributed by atoms with van der Waals surface area (Å²) < 4.78 is 17.1. The summed E-state index contributed by atoms with van der Waals surface area (Å²) in [5, 5.41) is 0.0254. The summed E-state index contributed by atoms with van der Waals surface area (Å²) in [6.45, 7) is 11.5. The van der Waals surface area contributed by atoms with E-state index >= 15 is 0 Å². The zero-order chi connectivity index (χ0) is 20.4. The second kappa shape index (κ2) is 8.21. The van der Waals surface area contributed by atoms with E-state index in [4.69, 9.17) is 14.0 Å². The van der Waals surface area contributed by atoms with E-state index in [1.165, 1.54) is 25.8 Å². The van der Waals surface area contributed by atoms with Gasteiger partial charge in [0.15, 0.2) is 5.12 Å². The van der Waals surface area contributed by atoms with Crippen LogP contribution in [0.2, 0.25) is 0 Å². The molecule has 1 fully saturated rings. The first kappa shape index (κ1) is 21.7. The van der Waals surface area contributed by atoms with Crippen molar-refractivity contribution in [2.45, 2.75) is 52.7 Å². The van der Waals surface area contributed by atoms with Gasteiger partial charge in [0.2, 0.25) is 0 Å². The number of methoxy groups -OCH3 is 1. The van der Waals surface area contributed by atoms with Gasteiger partial charge < -0.3 is 14.0 Å². The van der Waals surface area contributed by atoms with Crippen LogP contribution in [-0.2, 0) is 18.8 Å². The normalized spacial score (nSPS) is 18.5. The predicted molar refractivity (Wildman–Crippen MR) is 110 cm³/mol. The number of carbonyl (C=O) groups is 2. The van der Waals surface area contributed by atoms with Gasteiger partial charge in [-0.05, 0) is 63.4 Å². The number of esters is 1. The van der Waals surface area contributed by atoms with Crippen molar-refractivity contribution >= 4 is 36.0 Å². The Hall–Kier alpha value is -1.57. The highest BCUT2D eigenvalue weighted by molar-refractivity contribution is 8.13. The van der Waals surface area contributed by atoms with Gasteiger partial charge in [0.05, 0.1) is 23.9 Å². The third-order valence-electron chi connectivity index (χ3n) is 5.04. The fourth-order valence-corrected chi connectivity index (χ4v) is 3.19. The maximum Gasteiger partial charge on any atom is 0.491 e. The van der Waals surface area contributed by atoms with E-state index in [1.807, 2.05) is 46.8 Å². The lowest BCUT2D eigenvalue weighted by atomic mass is 9.78. The van der Waals surface area contributed by atoms with Crippen molar-refractivity contribution in [3.63, 3.8) is 0 Å². The van der Waals surface area contributed by atoms with Crippen LogP contribution in [0.4, 0.5) is 0 Å². The number of carbonyl (C=O) groups excluding carboxylic acids is 2. The minimum absolute atomic E-state index is 0.0254. The van der Waals surface area contributed by atoms with Crippen LogP contribution in [0.25, 0.3) is 6.08 Å². The molecule has 1 aromatic rings. The zero-order valence-electron chi connectivity index (χ0n) is 17.0. The molecular weight excluding hydrogens is 363 g/mol. The van der Waals surface area contributed by atoms with Crippen LogP contribution in [0.3, 0.4) is 0 Å². The van der Waals surface area contributed by atoms with E-state index in [1.54, 1.807) is 12.1 Å². The third-order valence-corrected chi connectivity index (χ3v) is 5.92. The highest BCUT2D eigenvalue weighted by atomic mass is 32.2. The summed E-state index contributed by atoms with van der Waals surface area (Å²) in [5.41, 5.74) is 2.25. The third kappa shape index (κ3) is 5.03. The smallest absolute Gasteiger partial charge is 0.465 e. The Bertz CT molecular complexity index is 754. The van der Waals surface area contributed by atoms with E-state index in [0.29, 0.717) is 11.3 Å². The molecular formula is C20H27BO5S. The fourth-order valence-electron chi connectivity index (χ4n) is 2.60. The number of ether oxygens (including phenoxy) is 1. The lowest BCUT2D eigenvalue weighted by Gasteiger charge is -2.32. The number of thioether (sulfide) groups is 1. The first-order chi connectivity index (χ1) is 12.5. The summed E-state index contributed by atoms with van der Waals surface area (Å²) in [7, 11) is 0.805. The lowest BCUT2D eigenvalue weighted by Crippen LogP contribution is -2.41. The minimum Gasteiger partial charge on any atom is -0.465 e. The SMILES string of the molecule is COC(=O)c1ccc(C)c(C=C(CSC(C)=O)B2OC(C)(C)C(C)(C)O2)c1. The largest absolute Gasteiger partial charge is 0.491 e. The summed E-state index contributed by atoms with van der Waals surface area (Å²) in [5.74, 6) is 0.0635. The maximum atomic E-state index is 11.9. The number of aryl methyl sites for hydroxylation is 1. The van der Waals surface area contributed by atoms with Crippen LogP contribution in [0, 0.1) is 6.92 Å². The molecule has 0 bridgehead atoms. The maximum absolute atomic E-state index is 11.9. The molecule has 27 heavy (non-hydrogen) atoms. The van der Waals surface area contributed by atoms with Gasteiger partial charge in [-0.25, -0.2) is 4.79 Å². The minimum atomic E-state index is -0.553. The van der Waals surface area contributed by atoms with Gasteiger partial charge in [0.25, 0.3) is 0 Å². The number of hydrogen-bond acceptors (Lipinski definition) is 6. The summed E-state index contributed by atoms with van der Waals surface area (Å²) in [4.78, 5) is 23.4. The molecule has 0 atom stereocenters. The van der Waals surface area contributed by atoms with Gasteiger partial charge in [-0.3, -0.25) is 4.79 Å². The van der Waals surface area contributed by atoms with E-state index in [-0.39, 0.29) is 11.1 Å². The average molecular weight is 390 g/mol. The molecule has 1 aliphatic heterocycles. The molecule has 0 aromatic heterocycles. The molecule has 7 heteroatoms. The number of rotatable bonds is 5. The van der Waals surface area contributed by atoms with Gasteiger partial charge in [0, 0.05) is 12.7 Å². The summed E-state index contributed by atoms with van der Waals surface area (Å²) in [6, 6.07) is 5.39. The van der Waals surface area contributed by atoms with Crippen molar-refractivity contribution in [1.82, 2.24) is 0 Å². The molecule has 0 saturated carbocycles. The van der Waals surface area contributed by atoms with Crippen molar-refractivity contribution in [2.75, 3.05) is 12.9 Å². The number of benzene rings is 1. The van der Waals surface area contributed by atoms with Crippen LogP contribution in [0.1, 0.15) is 56.1 Å². The van der Waals surface area contributed by atoms with Crippen molar-refractivity contribution < 1.29 is 23.6 Å². The van der Waals surface area contributed by atoms with Gasteiger partial charge in [-0.2, -0.15) is 0 Å². The Morgan fingerprint density at radius 2 is 1.78 bits per heavy atom. The highest BCUT2D eigenvalue weighted by Gasteiger charge is 2.52. The molecule has 0 aliphatic carbocycles. The first-order valence-corrected chi connectivity index (χ1v) is 9.84. The van der Waals surface area contributed by atoms with Gasteiger partial charge in [-0.1, -0.05) is 23.9 Å². The molecule has 1 aliphatic rings. The lowest BCUT2D eigenvalue weighted by molar-refractivity contribution is -0.109. The van der Waals surface area contributed by atoms with Crippen molar-refractivity contribution in [1.29, 1.82) is 0 Å². The molecule has 1 aromatic carbocycles. The molecule has 2 rings (SSSR count). The molecule has 1 saturated heterocycles. The van der Waals surface area contributed by atoms with Crippen LogP contribution in [-0.4, -0.2) is 42.3 Å². The van der Waals surface area contributed by atoms with E-state index < -0.39 is 18.3 Å². The second-order valence-corrected chi connectivity index (χ2v) is 8.80. The Morgan fingerprint density at radius 1 is 1.19 bits per heavy atom.